The van der Waals surface area contributed by atoms with Crippen molar-refractivity contribution in [2.75, 3.05) is 11.4 Å². The van der Waals surface area contributed by atoms with E-state index in [1.165, 1.54) is 30.2 Å². The number of allylic oxidation sites excluding steroid dienone is 1. The molecule has 0 saturated carbocycles. The summed E-state index contributed by atoms with van der Waals surface area (Å²) in [5, 5.41) is 3.68. The molecule has 6 heteroatoms. The Kier molecular flexibility index (Phi) is 8.12. The third-order valence-corrected chi connectivity index (χ3v) is 7.96. The third kappa shape index (κ3) is 6.35. The average Bonchev–Trinajstić information content (AvgIpc) is 2.92. The standard InChI is InChI=1S/C31H29ClN2O2S/c32-26-10-6-9-24(19-26)21-34-27-11-4-5-12-28(27)37-29(31(34)36)20-23-13-15-25(16-14-23)30(35)33-18-17-22-7-2-1-3-8-22/h4-7,9-16,19-20H,1-3,8,17-18,21H2,(H,33,35)/b29-20+. The van der Waals surface area contributed by atoms with Gasteiger partial charge in [-0.3, -0.25) is 9.59 Å². The summed E-state index contributed by atoms with van der Waals surface area (Å²) in [5.41, 5.74) is 4.81. The Morgan fingerprint density at radius 1 is 1.03 bits per heavy atom. The summed E-state index contributed by atoms with van der Waals surface area (Å²) in [6.07, 6.45) is 9.96. The van der Waals surface area contributed by atoms with Crippen molar-refractivity contribution in [1.29, 1.82) is 0 Å². The molecule has 2 aliphatic rings. The van der Waals surface area contributed by atoms with Gasteiger partial charge in [-0.1, -0.05) is 71.4 Å². The summed E-state index contributed by atoms with van der Waals surface area (Å²) in [6.45, 7) is 1.09. The predicted octanol–water partition coefficient (Wildman–Crippen LogP) is 7.64. The molecule has 1 aliphatic carbocycles. The quantitative estimate of drug-likeness (QED) is 0.253. The van der Waals surface area contributed by atoms with Crippen LogP contribution in [0.4, 0.5) is 5.69 Å². The van der Waals surface area contributed by atoms with Crippen molar-refractivity contribution in [2.45, 2.75) is 43.5 Å². The molecule has 5 rings (SSSR count). The monoisotopic (exact) mass is 528 g/mol. The van der Waals surface area contributed by atoms with Gasteiger partial charge in [0.1, 0.15) is 0 Å². The molecule has 2 amide bonds. The highest BCUT2D eigenvalue weighted by molar-refractivity contribution is 8.04. The molecule has 0 aromatic heterocycles. The predicted molar refractivity (Wildman–Crippen MR) is 153 cm³/mol. The van der Waals surface area contributed by atoms with Crippen LogP contribution in [0, 0.1) is 0 Å². The molecule has 0 radical (unpaired) electrons. The maximum atomic E-state index is 13.5. The lowest BCUT2D eigenvalue weighted by Crippen LogP contribution is -2.33. The highest BCUT2D eigenvalue weighted by Gasteiger charge is 2.29. The van der Waals surface area contributed by atoms with Crippen molar-refractivity contribution in [3.05, 3.63) is 111 Å². The normalized spacial score (nSPS) is 16.4. The van der Waals surface area contributed by atoms with E-state index in [9.17, 15) is 9.59 Å². The molecular formula is C31H29ClN2O2S. The molecule has 1 heterocycles. The molecular weight excluding hydrogens is 500 g/mol. The number of fused-ring (bicyclic) bond motifs is 1. The zero-order valence-corrected chi connectivity index (χ0v) is 22.2. The number of amides is 2. The Hall–Kier alpha value is -3.28. The van der Waals surface area contributed by atoms with Gasteiger partial charge < -0.3 is 10.2 Å². The van der Waals surface area contributed by atoms with E-state index in [-0.39, 0.29) is 11.8 Å². The molecule has 1 aliphatic heterocycles. The minimum absolute atomic E-state index is 0.0532. The fourth-order valence-electron chi connectivity index (χ4n) is 4.69. The van der Waals surface area contributed by atoms with Crippen molar-refractivity contribution in [3.63, 3.8) is 0 Å². The summed E-state index contributed by atoms with van der Waals surface area (Å²) >= 11 is 7.66. The number of carbonyl (C=O) groups is 2. The number of thioether (sulfide) groups is 1. The van der Waals surface area contributed by atoms with Crippen LogP contribution in [0.5, 0.6) is 0 Å². The number of rotatable bonds is 7. The second-order valence-electron chi connectivity index (χ2n) is 9.34. The minimum Gasteiger partial charge on any atom is -0.352 e. The summed E-state index contributed by atoms with van der Waals surface area (Å²) in [4.78, 5) is 29.6. The lowest BCUT2D eigenvalue weighted by Gasteiger charge is -2.30. The van der Waals surface area contributed by atoms with Crippen LogP contribution in [0.15, 0.2) is 94.2 Å². The zero-order chi connectivity index (χ0) is 25.6. The topological polar surface area (TPSA) is 49.4 Å². The van der Waals surface area contributed by atoms with Crippen molar-refractivity contribution < 1.29 is 9.59 Å². The Morgan fingerprint density at radius 2 is 1.86 bits per heavy atom. The smallest absolute Gasteiger partial charge is 0.265 e. The van der Waals surface area contributed by atoms with Gasteiger partial charge in [-0.15, -0.1) is 0 Å². The fourth-order valence-corrected chi connectivity index (χ4v) is 5.96. The highest BCUT2D eigenvalue weighted by atomic mass is 35.5. The fraction of sp³-hybridized carbons (Fsp3) is 0.226. The second kappa shape index (κ2) is 11.8. The van der Waals surface area contributed by atoms with Gasteiger partial charge >= 0.3 is 0 Å². The maximum Gasteiger partial charge on any atom is 0.265 e. The van der Waals surface area contributed by atoms with E-state index in [0.717, 1.165) is 41.0 Å². The first-order valence-electron chi connectivity index (χ1n) is 12.7. The van der Waals surface area contributed by atoms with Gasteiger partial charge in [0.2, 0.25) is 0 Å². The minimum atomic E-state index is -0.0691. The summed E-state index contributed by atoms with van der Waals surface area (Å²) < 4.78 is 0. The first kappa shape index (κ1) is 25.4. The van der Waals surface area contributed by atoms with Gasteiger partial charge in [0.15, 0.2) is 0 Å². The lowest BCUT2D eigenvalue weighted by molar-refractivity contribution is -0.114. The van der Waals surface area contributed by atoms with Crippen molar-refractivity contribution in [3.8, 4) is 0 Å². The number of nitrogens with one attached hydrogen (secondary N) is 1. The number of nitrogens with zero attached hydrogens (tertiary/aromatic N) is 1. The van der Waals surface area contributed by atoms with Crippen LogP contribution in [-0.4, -0.2) is 18.4 Å². The number of carbonyl (C=O) groups excluding carboxylic acids is 2. The van der Waals surface area contributed by atoms with Crippen LogP contribution in [0.25, 0.3) is 6.08 Å². The summed E-state index contributed by atoms with van der Waals surface area (Å²) in [5.74, 6) is -0.122. The molecule has 0 saturated heterocycles. The Morgan fingerprint density at radius 3 is 2.65 bits per heavy atom. The number of hydrogen-bond acceptors (Lipinski definition) is 3. The third-order valence-electron chi connectivity index (χ3n) is 6.65. The number of benzene rings is 3. The molecule has 0 fully saturated rings. The van der Waals surface area contributed by atoms with Crippen LogP contribution >= 0.6 is 23.4 Å². The Labute approximate surface area is 227 Å². The van der Waals surface area contributed by atoms with E-state index < -0.39 is 0 Å². The number of para-hydroxylation sites is 1. The molecule has 3 aromatic rings. The van der Waals surface area contributed by atoms with E-state index in [2.05, 4.69) is 11.4 Å². The van der Waals surface area contributed by atoms with Crippen LogP contribution in [-0.2, 0) is 11.3 Å². The van der Waals surface area contributed by atoms with Crippen molar-refractivity contribution in [1.82, 2.24) is 5.32 Å². The summed E-state index contributed by atoms with van der Waals surface area (Å²) in [7, 11) is 0. The maximum absolute atomic E-state index is 13.5. The molecule has 4 nitrogen and oxygen atoms in total. The van der Waals surface area contributed by atoms with E-state index in [1.807, 2.05) is 78.9 Å². The van der Waals surface area contributed by atoms with E-state index in [0.29, 0.717) is 28.6 Å². The van der Waals surface area contributed by atoms with Crippen LogP contribution in [0.3, 0.4) is 0 Å². The van der Waals surface area contributed by atoms with E-state index in [4.69, 9.17) is 11.6 Å². The zero-order valence-electron chi connectivity index (χ0n) is 20.6. The van der Waals surface area contributed by atoms with Gasteiger partial charge in [0.05, 0.1) is 17.1 Å². The summed E-state index contributed by atoms with van der Waals surface area (Å²) in [6, 6.07) is 22.9. The van der Waals surface area contributed by atoms with Gasteiger partial charge in [0.25, 0.3) is 11.8 Å². The molecule has 188 valence electrons. The van der Waals surface area contributed by atoms with E-state index >= 15 is 0 Å². The average molecular weight is 529 g/mol. The molecule has 0 spiro atoms. The van der Waals surface area contributed by atoms with Gasteiger partial charge in [-0.05, 0) is 85.7 Å². The number of halogens is 1. The van der Waals surface area contributed by atoms with Crippen molar-refractivity contribution in [2.24, 2.45) is 0 Å². The van der Waals surface area contributed by atoms with Crippen molar-refractivity contribution >= 4 is 46.9 Å². The van der Waals surface area contributed by atoms with E-state index in [1.54, 1.807) is 4.90 Å². The largest absolute Gasteiger partial charge is 0.352 e. The van der Waals surface area contributed by atoms with Gasteiger partial charge in [0, 0.05) is 22.0 Å². The highest BCUT2D eigenvalue weighted by Crippen LogP contribution is 2.42. The second-order valence-corrected chi connectivity index (χ2v) is 10.9. The van der Waals surface area contributed by atoms with Crippen LogP contribution in [0.1, 0.15) is 53.6 Å². The molecule has 1 N–H and O–H groups in total. The Bertz CT molecular complexity index is 1360. The SMILES string of the molecule is O=C(NCCC1=CCCCC1)c1ccc(/C=C2/Sc3ccccc3N(Cc3cccc(Cl)c3)C2=O)cc1. The molecule has 37 heavy (non-hydrogen) atoms. The molecule has 0 bridgehead atoms. The first-order chi connectivity index (χ1) is 18.1. The van der Waals surface area contributed by atoms with Crippen LogP contribution in [0.2, 0.25) is 5.02 Å². The van der Waals surface area contributed by atoms with Crippen LogP contribution < -0.4 is 10.2 Å². The molecule has 3 aromatic carbocycles. The first-order valence-corrected chi connectivity index (χ1v) is 13.9. The molecule has 0 atom stereocenters. The van der Waals surface area contributed by atoms with Gasteiger partial charge in [-0.25, -0.2) is 0 Å². The lowest BCUT2D eigenvalue weighted by atomic mass is 9.97. The number of hydrogen-bond donors (Lipinski definition) is 1. The Balaban J connectivity index is 1.29. The van der Waals surface area contributed by atoms with Gasteiger partial charge in [-0.2, -0.15) is 0 Å². The number of anilines is 1. The molecule has 0 unspecified atom stereocenters.